The second-order valence-corrected chi connectivity index (χ2v) is 4.26. The van der Waals surface area contributed by atoms with Gasteiger partial charge in [-0.1, -0.05) is 0 Å². The van der Waals surface area contributed by atoms with Crippen molar-refractivity contribution in [2.24, 2.45) is 0 Å². The van der Waals surface area contributed by atoms with Crippen LogP contribution in [0.25, 0.3) is 11.6 Å². The van der Waals surface area contributed by atoms with Gasteiger partial charge in [-0.2, -0.15) is 4.80 Å². The summed E-state index contributed by atoms with van der Waals surface area (Å²) < 4.78 is 9.65. The summed E-state index contributed by atoms with van der Waals surface area (Å²) in [6.07, 6.45) is 1.64. The van der Waals surface area contributed by atoms with Gasteiger partial charge in [0.25, 0.3) is 0 Å². The van der Waals surface area contributed by atoms with E-state index < -0.39 is 0 Å². The van der Waals surface area contributed by atoms with E-state index in [0.717, 1.165) is 0 Å². The minimum absolute atomic E-state index is 0.0641. The molecular formula is C12H15N5O4. The molecule has 0 saturated heterocycles. The van der Waals surface area contributed by atoms with Crippen LogP contribution in [0, 0.1) is 0 Å². The van der Waals surface area contributed by atoms with Gasteiger partial charge in [-0.15, -0.1) is 10.2 Å². The van der Waals surface area contributed by atoms with Crippen molar-refractivity contribution in [1.29, 1.82) is 0 Å². The number of nitrogens with zero attached hydrogens (tertiary/aromatic N) is 5. The Morgan fingerprint density at radius 2 is 2.29 bits per heavy atom. The molecule has 2 aromatic heterocycles. The van der Waals surface area contributed by atoms with E-state index in [2.05, 4.69) is 20.1 Å². The molecule has 2 aromatic rings. The molecule has 0 bridgehead atoms. The van der Waals surface area contributed by atoms with E-state index in [1.54, 1.807) is 19.2 Å². The third-order valence-corrected chi connectivity index (χ3v) is 2.78. The standard InChI is InChI=1S/C12H15N5O4/c1-16(6-5-11(19)20-2)10(18)8-17-14-12(13-15-17)9-4-3-7-21-9/h3-4,7H,5-6,8H2,1-2H3. The fourth-order valence-electron chi connectivity index (χ4n) is 1.54. The average molecular weight is 293 g/mol. The number of hydrogen-bond donors (Lipinski definition) is 0. The highest BCUT2D eigenvalue weighted by Gasteiger charge is 2.14. The summed E-state index contributed by atoms with van der Waals surface area (Å²) in [4.78, 5) is 25.5. The van der Waals surface area contributed by atoms with Crippen molar-refractivity contribution in [3.8, 4) is 11.6 Å². The zero-order valence-corrected chi connectivity index (χ0v) is 11.7. The summed E-state index contributed by atoms with van der Waals surface area (Å²) in [5.74, 6) is 0.189. The lowest BCUT2D eigenvalue weighted by molar-refractivity contribution is -0.141. The zero-order chi connectivity index (χ0) is 15.2. The molecule has 0 saturated carbocycles. The number of furan rings is 1. The Kier molecular flexibility index (Phi) is 4.64. The van der Waals surface area contributed by atoms with Crippen LogP contribution in [-0.4, -0.2) is 57.7 Å². The summed E-state index contributed by atoms with van der Waals surface area (Å²) in [7, 11) is 2.90. The van der Waals surface area contributed by atoms with Crippen LogP contribution in [-0.2, 0) is 20.9 Å². The van der Waals surface area contributed by atoms with Gasteiger partial charge in [0.15, 0.2) is 5.76 Å². The van der Waals surface area contributed by atoms with E-state index in [9.17, 15) is 9.59 Å². The number of ether oxygens (including phenoxy) is 1. The van der Waals surface area contributed by atoms with Gasteiger partial charge in [0.05, 0.1) is 19.8 Å². The minimum atomic E-state index is -0.367. The summed E-state index contributed by atoms with van der Waals surface area (Å²) >= 11 is 0. The number of carbonyl (C=O) groups is 2. The molecule has 0 atom stereocenters. The van der Waals surface area contributed by atoms with Crippen LogP contribution in [0.2, 0.25) is 0 Å². The topological polar surface area (TPSA) is 103 Å². The van der Waals surface area contributed by atoms with E-state index in [0.29, 0.717) is 11.6 Å². The average Bonchev–Trinajstić information content (AvgIpc) is 3.14. The van der Waals surface area contributed by atoms with Crippen molar-refractivity contribution in [2.75, 3.05) is 20.7 Å². The Hall–Kier alpha value is -2.71. The van der Waals surface area contributed by atoms with Crippen molar-refractivity contribution < 1.29 is 18.7 Å². The number of esters is 1. The summed E-state index contributed by atoms with van der Waals surface area (Å²) in [5, 5.41) is 11.6. The smallest absolute Gasteiger partial charge is 0.307 e. The Bertz CT molecular complexity index is 607. The molecule has 0 aliphatic carbocycles. The molecule has 9 heteroatoms. The van der Waals surface area contributed by atoms with Crippen LogP contribution in [0.15, 0.2) is 22.8 Å². The molecule has 2 rings (SSSR count). The van der Waals surface area contributed by atoms with E-state index in [1.807, 2.05) is 0 Å². The molecule has 112 valence electrons. The predicted octanol–water partition coefficient (Wildman–Crippen LogP) is -0.0454. The van der Waals surface area contributed by atoms with Crippen LogP contribution >= 0.6 is 0 Å². The van der Waals surface area contributed by atoms with Gasteiger partial charge in [0.1, 0.15) is 6.54 Å². The van der Waals surface area contributed by atoms with Crippen LogP contribution in [0.4, 0.5) is 0 Å². The lowest BCUT2D eigenvalue weighted by atomic mass is 10.4. The molecule has 1 amide bonds. The fraction of sp³-hybridized carbons (Fsp3) is 0.417. The Morgan fingerprint density at radius 1 is 1.48 bits per heavy atom. The van der Waals surface area contributed by atoms with Gasteiger partial charge in [-0.05, 0) is 17.3 Å². The summed E-state index contributed by atoms with van der Waals surface area (Å²) in [5.41, 5.74) is 0. The van der Waals surface area contributed by atoms with Crippen molar-refractivity contribution in [3.05, 3.63) is 18.4 Å². The van der Waals surface area contributed by atoms with E-state index in [4.69, 9.17) is 4.42 Å². The highest BCUT2D eigenvalue weighted by Crippen LogP contribution is 2.12. The van der Waals surface area contributed by atoms with E-state index in [-0.39, 0.29) is 31.4 Å². The van der Waals surface area contributed by atoms with Crippen molar-refractivity contribution >= 4 is 11.9 Å². The third kappa shape index (κ3) is 3.88. The number of carbonyl (C=O) groups excluding carboxylic acids is 2. The second-order valence-electron chi connectivity index (χ2n) is 4.26. The normalized spacial score (nSPS) is 10.4. The zero-order valence-electron chi connectivity index (χ0n) is 11.7. The number of tetrazole rings is 1. The van der Waals surface area contributed by atoms with Gasteiger partial charge in [-0.25, -0.2) is 0 Å². The Labute approximate surface area is 120 Å². The lowest BCUT2D eigenvalue weighted by Crippen LogP contribution is -2.32. The largest absolute Gasteiger partial charge is 0.469 e. The first kappa shape index (κ1) is 14.7. The molecule has 0 aliphatic rings. The molecule has 0 fully saturated rings. The van der Waals surface area contributed by atoms with Crippen molar-refractivity contribution in [1.82, 2.24) is 25.1 Å². The number of rotatable bonds is 6. The number of likely N-dealkylation sites (N-methyl/N-ethyl adjacent to an activating group) is 1. The minimum Gasteiger partial charge on any atom is -0.469 e. The van der Waals surface area contributed by atoms with E-state index in [1.165, 1.54) is 23.1 Å². The molecule has 0 N–H and O–H groups in total. The first-order valence-electron chi connectivity index (χ1n) is 6.22. The molecule has 0 radical (unpaired) electrons. The molecule has 0 unspecified atom stereocenters. The van der Waals surface area contributed by atoms with Gasteiger partial charge >= 0.3 is 5.97 Å². The van der Waals surface area contributed by atoms with E-state index >= 15 is 0 Å². The maximum Gasteiger partial charge on any atom is 0.307 e. The van der Waals surface area contributed by atoms with Gasteiger partial charge in [0.2, 0.25) is 11.7 Å². The fourth-order valence-corrected chi connectivity index (χ4v) is 1.54. The SMILES string of the molecule is COC(=O)CCN(C)C(=O)Cn1nnc(-c2ccco2)n1. The van der Waals surface area contributed by atoms with Crippen LogP contribution in [0.5, 0.6) is 0 Å². The number of hydrogen-bond acceptors (Lipinski definition) is 7. The maximum atomic E-state index is 11.9. The maximum absolute atomic E-state index is 11.9. The molecule has 2 heterocycles. The van der Waals surface area contributed by atoms with Gasteiger partial charge < -0.3 is 14.1 Å². The van der Waals surface area contributed by atoms with Crippen LogP contribution in [0.3, 0.4) is 0 Å². The molecule has 0 spiro atoms. The van der Waals surface area contributed by atoms with Gasteiger partial charge in [-0.3, -0.25) is 9.59 Å². The van der Waals surface area contributed by atoms with Crippen molar-refractivity contribution in [3.63, 3.8) is 0 Å². The molecule has 0 aliphatic heterocycles. The predicted molar refractivity (Wildman–Crippen MR) is 69.8 cm³/mol. The highest BCUT2D eigenvalue weighted by molar-refractivity contribution is 5.76. The van der Waals surface area contributed by atoms with Crippen LogP contribution in [0.1, 0.15) is 6.42 Å². The van der Waals surface area contributed by atoms with Gasteiger partial charge in [0, 0.05) is 13.6 Å². The third-order valence-electron chi connectivity index (χ3n) is 2.78. The van der Waals surface area contributed by atoms with Crippen molar-refractivity contribution in [2.45, 2.75) is 13.0 Å². The monoisotopic (exact) mass is 293 g/mol. The first-order valence-corrected chi connectivity index (χ1v) is 6.22. The summed E-state index contributed by atoms with van der Waals surface area (Å²) in [6, 6.07) is 3.41. The lowest BCUT2D eigenvalue weighted by Gasteiger charge is -2.15. The summed E-state index contributed by atoms with van der Waals surface area (Å²) in [6.45, 7) is 0.205. The van der Waals surface area contributed by atoms with Crippen LogP contribution < -0.4 is 0 Å². The highest BCUT2D eigenvalue weighted by atomic mass is 16.5. The molecule has 9 nitrogen and oxygen atoms in total. The molecule has 0 aromatic carbocycles. The Morgan fingerprint density at radius 3 is 2.95 bits per heavy atom. The number of amides is 1. The quantitative estimate of drug-likeness (QED) is 0.688. The number of aromatic nitrogens is 4. The molecular weight excluding hydrogens is 278 g/mol. The Balaban J connectivity index is 1.89. The second kappa shape index (κ2) is 6.64. The number of methoxy groups -OCH3 is 1. The molecule has 21 heavy (non-hydrogen) atoms. The first-order chi connectivity index (χ1) is 10.1.